The molecular weight excluding hydrogens is 288 g/mol. The van der Waals surface area contributed by atoms with Crippen LogP contribution in [0.3, 0.4) is 0 Å². The van der Waals surface area contributed by atoms with E-state index in [1.165, 1.54) is 39.0 Å². The Labute approximate surface area is 143 Å². The van der Waals surface area contributed by atoms with Gasteiger partial charge >= 0.3 is 0 Å². The lowest BCUT2D eigenvalue weighted by Gasteiger charge is -2.20. The Morgan fingerprint density at radius 3 is 2.17 bits per heavy atom. The molecule has 0 radical (unpaired) electrons. The Balaban J connectivity index is 1.99. The van der Waals surface area contributed by atoms with E-state index in [1.807, 2.05) is 0 Å². The Hall–Kier alpha value is -2.86. The van der Waals surface area contributed by atoms with Crippen LogP contribution in [0.1, 0.15) is 33.4 Å². The van der Waals surface area contributed by atoms with Gasteiger partial charge in [-0.2, -0.15) is 0 Å². The van der Waals surface area contributed by atoms with E-state index in [0.717, 1.165) is 12.0 Å². The lowest BCUT2D eigenvalue weighted by Crippen LogP contribution is -2.03. The van der Waals surface area contributed by atoms with Crippen molar-refractivity contribution in [1.29, 1.82) is 0 Å². The van der Waals surface area contributed by atoms with Gasteiger partial charge in [0.2, 0.25) is 0 Å². The highest BCUT2D eigenvalue weighted by molar-refractivity contribution is 5.92. The third kappa shape index (κ3) is 2.61. The van der Waals surface area contributed by atoms with Gasteiger partial charge in [0, 0.05) is 0 Å². The Bertz CT molecular complexity index is 957. The van der Waals surface area contributed by atoms with Crippen molar-refractivity contribution in [3.63, 3.8) is 0 Å². The van der Waals surface area contributed by atoms with Crippen molar-refractivity contribution < 1.29 is 0 Å². The molecule has 0 N–H and O–H groups in total. The van der Waals surface area contributed by atoms with Crippen molar-refractivity contribution in [2.75, 3.05) is 0 Å². The van der Waals surface area contributed by atoms with Crippen molar-refractivity contribution in [2.45, 2.75) is 13.3 Å². The van der Waals surface area contributed by atoms with E-state index >= 15 is 0 Å². The first kappa shape index (κ1) is 14.7. The molecule has 0 nitrogen and oxygen atoms in total. The second kappa shape index (κ2) is 5.98. The zero-order valence-electron chi connectivity index (χ0n) is 13.9. The topological polar surface area (TPSA) is 0 Å². The molecule has 0 fully saturated rings. The SMILES string of the molecule is C=C1/C=C(/c2cccc(C)c2)c2ccccc2Cc2ccccc21. The summed E-state index contributed by atoms with van der Waals surface area (Å²) in [6.45, 7) is 6.49. The van der Waals surface area contributed by atoms with Crippen LogP contribution in [0.15, 0.2) is 85.5 Å². The summed E-state index contributed by atoms with van der Waals surface area (Å²) >= 11 is 0. The Morgan fingerprint density at radius 1 is 0.750 bits per heavy atom. The number of aryl methyl sites for hydroxylation is 1. The van der Waals surface area contributed by atoms with Crippen LogP contribution in [0, 0.1) is 6.92 Å². The van der Waals surface area contributed by atoms with Gasteiger partial charge in [-0.3, -0.25) is 0 Å². The fraction of sp³-hybridized carbons (Fsp3) is 0.0833. The zero-order valence-corrected chi connectivity index (χ0v) is 13.9. The molecule has 3 aromatic rings. The van der Waals surface area contributed by atoms with Crippen LogP contribution < -0.4 is 0 Å². The normalized spacial score (nSPS) is 15.5. The highest BCUT2D eigenvalue weighted by Gasteiger charge is 2.16. The van der Waals surface area contributed by atoms with Crippen molar-refractivity contribution in [3.8, 4) is 0 Å². The summed E-state index contributed by atoms with van der Waals surface area (Å²) in [5.41, 5.74) is 10.1. The summed E-state index contributed by atoms with van der Waals surface area (Å²) < 4.78 is 0. The standard InChI is InChI=1S/C24H20/c1-17-8-7-11-19(14-17)24-15-18(2)22-12-5-3-9-20(22)16-21-10-4-6-13-23(21)24/h3-15H,2,16H2,1H3/b24-15-. The van der Waals surface area contributed by atoms with Crippen molar-refractivity contribution in [2.24, 2.45) is 0 Å². The molecule has 0 unspecified atom stereocenters. The van der Waals surface area contributed by atoms with Gasteiger partial charge in [0.15, 0.2) is 0 Å². The molecule has 1 aliphatic rings. The first-order chi connectivity index (χ1) is 11.7. The van der Waals surface area contributed by atoms with Crippen LogP contribution in [0.25, 0.3) is 11.1 Å². The van der Waals surface area contributed by atoms with Crippen LogP contribution in [0.2, 0.25) is 0 Å². The second-order valence-electron chi connectivity index (χ2n) is 6.44. The quantitative estimate of drug-likeness (QED) is 0.514. The fourth-order valence-corrected chi connectivity index (χ4v) is 3.51. The van der Waals surface area contributed by atoms with Gasteiger partial charge in [0.05, 0.1) is 0 Å². The highest BCUT2D eigenvalue weighted by atomic mass is 14.2. The van der Waals surface area contributed by atoms with Crippen LogP contribution in [-0.2, 0) is 6.42 Å². The molecule has 1 aliphatic carbocycles. The molecule has 0 amide bonds. The van der Waals surface area contributed by atoms with Crippen LogP contribution in [-0.4, -0.2) is 0 Å². The summed E-state index contributed by atoms with van der Waals surface area (Å²) in [4.78, 5) is 0. The molecule has 3 aromatic carbocycles. The average molecular weight is 308 g/mol. The van der Waals surface area contributed by atoms with E-state index in [2.05, 4.69) is 92.4 Å². The maximum Gasteiger partial charge on any atom is -0.00135 e. The predicted octanol–water partition coefficient (Wildman–Crippen LogP) is 6.04. The van der Waals surface area contributed by atoms with Crippen molar-refractivity contribution in [1.82, 2.24) is 0 Å². The molecule has 116 valence electrons. The molecule has 0 heterocycles. The molecule has 0 saturated carbocycles. The number of hydrogen-bond acceptors (Lipinski definition) is 0. The minimum atomic E-state index is 0.939. The van der Waals surface area contributed by atoms with Crippen molar-refractivity contribution in [3.05, 3.63) is 119 Å². The monoisotopic (exact) mass is 308 g/mol. The number of fused-ring (bicyclic) bond motifs is 2. The first-order valence-electron chi connectivity index (χ1n) is 8.36. The van der Waals surface area contributed by atoms with E-state index in [4.69, 9.17) is 0 Å². The molecule has 0 heteroatoms. The summed E-state index contributed by atoms with van der Waals surface area (Å²) in [6.07, 6.45) is 3.18. The molecule has 0 atom stereocenters. The van der Waals surface area contributed by atoms with Crippen LogP contribution >= 0.6 is 0 Å². The fourth-order valence-electron chi connectivity index (χ4n) is 3.51. The van der Waals surface area contributed by atoms with Gasteiger partial charge < -0.3 is 0 Å². The smallest absolute Gasteiger partial charge is 0.00135 e. The van der Waals surface area contributed by atoms with Gasteiger partial charge in [-0.1, -0.05) is 84.9 Å². The lowest BCUT2D eigenvalue weighted by atomic mass is 9.84. The maximum atomic E-state index is 4.35. The van der Waals surface area contributed by atoms with E-state index in [9.17, 15) is 0 Å². The number of allylic oxidation sites excluding steroid dienone is 2. The molecule has 0 aromatic heterocycles. The molecule has 0 saturated heterocycles. The molecule has 0 bridgehead atoms. The second-order valence-corrected chi connectivity index (χ2v) is 6.44. The first-order valence-corrected chi connectivity index (χ1v) is 8.36. The van der Waals surface area contributed by atoms with Gasteiger partial charge in [0.25, 0.3) is 0 Å². The molecule has 24 heavy (non-hydrogen) atoms. The molecular formula is C24H20. The van der Waals surface area contributed by atoms with Gasteiger partial charge in [-0.05, 0) is 58.4 Å². The average Bonchev–Trinajstić information content (AvgIpc) is 2.59. The number of hydrogen-bond donors (Lipinski definition) is 0. The summed E-state index contributed by atoms with van der Waals surface area (Å²) in [5.74, 6) is 0. The molecule has 0 aliphatic heterocycles. The Kier molecular flexibility index (Phi) is 3.66. The Morgan fingerprint density at radius 2 is 1.42 bits per heavy atom. The minimum absolute atomic E-state index is 0.939. The van der Waals surface area contributed by atoms with Gasteiger partial charge in [-0.15, -0.1) is 0 Å². The van der Waals surface area contributed by atoms with E-state index in [-0.39, 0.29) is 0 Å². The molecule has 4 rings (SSSR count). The number of rotatable bonds is 1. The largest absolute Gasteiger partial charge is 0.0911 e. The zero-order chi connectivity index (χ0) is 16.5. The van der Waals surface area contributed by atoms with Crippen molar-refractivity contribution >= 4 is 11.1 Å². The predicted molar refractivity (Wildman–Crippen MR) is 103 cm³/mol. The number of benzene rings is 3. The van der Waals surface area contributed by atoms with E-state index < -0.39 is 0 Å². The highest BCUT2D eigenvalue weighted by Crippen LogP contribution is 2.35. The van der Waals surface area contributed by atoms with Gasteiger partial charge in [0.1, 0.15) is 0 Å². The summed E-state index contributed by atoms with van der Waals surface area (Å²) in [7, 11) is 0. The minimum Gasteiger partial charge on any atom is -0.0911 e. The van der Waals surface area contributed by atoms with Gasteiger partial charge in [-0.25, -0.2) is 0 Å². The van der Waals surface area contributed by atoms with Crippen LogP contribution in [0.4, 0.5) is 0 Å². The van der Waals surface area contributed by atoms with Crippen LogP contribution in [0.5, 0.6) is 0 Å². The third-order valence-electron chi connectivity index (χ3n) is 4.70. The summed E-state index contributed by atoms with van der Waals surface area (Å²) in [6, 6.07) is 26.0. The van der Waals surface area contributed by atoms with E-state index in [0.29, 0.717) is 0 Å². The maximum absolute atomic E-state index is 4.35. The molecule has 0 spiro atoms. The third-order valence-corrected chi connectivity index (χ3v) is 4.70. The van der Waals surface area contributed by atoms with E-state index in [1.54, 1.807) is 0 Å². The summed E-state index contributed by atoms with van der Waals surface area (Å²) in [5, 5.41) is 0. The lowest BCUT2D eigenvalue weighted by molar-refractivity contribution is 1.16.